The van der Waals surface area contributed by atoms with E-state index in [1.807, 2.05) is 12.1 Å². The Labute approximate surface area is 142 Å². The van der Waals surface area contributed by atoms with Gasteiger partial charge in [-0.2, -0.15) is 0 Å². The van der Waals surface area contributed by atoms with Gasteiger partial charge in [0.1, 0.15) is 0 Å². The minimum Gasteiger partial charge on any atom is -0.398 e. The molecule has 24 heavy (non-hydrogen) atoms. The molecule has 2 aromatic rings. The normalized spacial score (nSPS) is 14.2. The lowest BCUT2D eigenvalue weighted by molar-refractivity contribution is 0.0955. The molecule has 1 aromatic carbocycles. The molecular formula is C17H19F2N3OS. The smallest absolute Gasteiger partial charge is 0.272 e. The van der Waals surface area contributed by atoms with Gasteiger partial charge in [0.05, 0.1) is 9.75 Å². The average Bonchev–Trinajstić information content (AvgIpc) is 3.27. The highest BCUT2D eigenvalue weighted by Gasteiger charge is 2.27. The molecule has 128 valence electrons. The number of nitrogens with one attached hydrogen (secondary N) is 1. The molecule has 0 radical (unpaired) electrons. The van der Waals surface area contributed by atoms with E-state index in [1.54, 1.807) is 0 Å². The summed E-state index contributed by atoms with van der Waals surface area (Å²) in [4.78, 5) is 12.4. The third kappa shape index (κ3) is 3.42. The first kappa shape index (κ1) is 16.9. The number of carbonyl (C=O) groups is 1. The van der Waals surface area contributed by atoms with Gasteiger partial charge in [-0.05, 0) is 53.6 Å². The highest BCUT2D eigenvalue weighted by atomic mass is 32.1. The molecule has 0 atom stereocenters. The molecular weight excluding hydrogens is 332 g/mol. The van der Waals surface area contributed by atoms with E-state index in [0.717, 1.165) is 35.3 Å². The third-order valence-electron chi connectivity index (χ3n) is 4.22. The van der Waals surface area contributed by atoms with E-state index in [9.17, 15) is 13.6 Å². The Bertz CT molecular complexity index is 756. The first-order valence-corrected chi connectivity index (χ1v) is 8.59. The van der Waals surface area contributed by atoms with Gasteiger partial charge in [-0.3, -0.25) is 4.79 Å². The van der Waals surface area contributed by atoms with Crippen molar-refractivity contribution < 1.29 is 13.6 Å². The highest BCUT2D eigenvalue weighted by Crippen LogP contribution is 2.43. The number of nitrogens with two attached hydrogens (primary N) is 2. The highest BCUT2D eigenvalue weighted by molar-refractivity contribution is 7.14. The summed E-state index contributed by atoms with van der Waals surface area (Å²) in [6.45, 7) is 0.594. The lowest BCUT2D eigenvalue weighted by Crippen LogP contribution is -2.24. The van der Waals surface area contributed by atoms with Crippen LogP contribution in [0.15, 0.2) is 24.3 Å². The fraction of sp³-hybridized carbons (Fsp3) is 0.353. The molecule has 1 aliphatic rings. The molecule has 1 fully saturated rings. The quantitative estimate of drug-likeness (QED) is 0.696. The van der Waals surface area contributed by atoms with Crippen LogP contribution in [-0.2, 0) is 13.1 Å². The van der Waals surface area contributed by atoms with E-state index in [4.69, 9.17) is 11.5 Å². The summed E-state index contributed by atoms with van der Waals surface area (Å²) in [5.74, 6) is 0.133. The number of alkyl halides is 2. The van der Waals surface area contributed by atoms with Crippen LogP contribution < -0.4 is 16.8 Å². The van der Waals surface area contributed by atoms with Crippen molar-refractivity contribution in [3.63, 3.8) is 0 Å². The largest absolute Gasteiger partial charge is 0.398 e. The molecule has 0 aliphatic heterocycles. The zero-order valence-corrected chi connectivity index (χ0v) is 13.8. The number of carbonyl (C=O) groups excluding carboxylic acids is 1. The molecule has 1 aliphatic carbocycles. The monoisotopic (exact) mass is 351 g/mol. The predicted octanol–water partition coefficient (Wildman–Crippen LogP) is 3.53. The molecule has 7 heteroatoms. The van der Waals surface area contributed by atoms with Crippen LogP contribution in [0.3, 0.4) is 0 Å². The number of hydrogen-bond acceptors (Lipinski definition) is 4. The Kier molecular flexibility index (Phi) is 4.82. The van der Waals surface area contributed by atoms with Gasteiger partial charge < -0.3 is 16.8 Å². The Hall–Kier alpha value is -1.99. The van der Waals surface area contributed by atoms with Gasteiger partial charge in [-0.1, -0.05) is 6.07 Å². The van der Waals surface area contributed by atoms with E-state index in [1.165, 1.54) is 17.7 Å². The van der Waals surface area contributed by atoms with Crippen LogP contribution in [-0.4, -0.2) is 5.91 Å². The zero-order chi connectivity index (χ0) is 17.3. The second-order valence-electron chi connectivity index (χ2n) is 5.86. The fourth-order valence-electron chi connectivity index (χ4n) is 2.80. The molecule has 0 saturated heterocycles. The van der Waals surface area contributed by atoms with Crippen molar-refractivity contribution in [2.24, 2.45) is 5.73 Å². The van der Waals surface area contributed by atoms with E-state index in [2.05, 4.69) is 5.32 Å². The molecule has 0 unspecified atom stereocenters. The number of halogens is 2. The van der Waals surface area contributed by atoms with E-state index in [-0.39, 0.29) is 15.7 Å². The van der Waals surface area contributed by atoms with Gasteiger partial charge in [-0.15, -0.1) is 11.3 Å². The topological polar surface area (TPSA) is 81.1 Å². The third-order valence-corrected chi connectivity index (χ3v) is 5.31. The van der Waals surface area contributed by atoms with Crippen LogP contribution in [0.2, 0.25) is 0 Å². The first-order chi connectivity index (χ1) is 11.5. The lowest BCUT2D eigenvalue weighted by Gasteiger charge is -2.16. The van der Waals surface area contributed by atoms with E-state index in [0.29, 0.717) is 24.7 Å². The zero-order valence-electron chi connectivity index (χ0n) is 13.0. The van der Waals surface area contributed by atoms with Gasteiger partial charge >= 0.3 is 0 Å². The summed E-state index contributed by atoms with van der Waals surface area (Å²) in [6.07, 6.45) is -0.314. The van der Waals surface area contributed by atoms with Crippen molar-refractivity contribution in [2.45, 2.75) is 38.3 Å². The van der Waals surface area contributed by atoms with Crippen LogP contribution >= 0.6 is 11.3 Å². The average molecular weight is 351 g/mol. The molecule has 1 saturated carbocycles. The summed E-state index contributed by atoms with van der Waals surface area (Å²) in [5, 5.41) is 2.81. The second kappa shape index (κ2) is 6.86. The maximum Gasteiger partial charge on any atom is 0.272 e. The number of rotatable bonds is 6. The van der Waals surface area contributed by atoms with E-state index >= 15 is 0 Å². The summed E-state index contributed by atoms with van der Waals surface area (Å²) in [7, 11) is 0. The number of benzene rings is 1. The van der Waals surface area contributed by atoms with Gasteiger partial charge in [0.2, 0.25) is 0 Å². The molecule has 1 aromatic heterocycles. The van der Waals surface area contributed by atoms with Gasteiger partial charge in [0.25, 0.3) is 12.3 Å². The Morgan fingerprint density at radius 2 is 2.00 bits per heavy atom. The number of nitrogen functional groups attached to an aromatic ring is 1. The minimum absolute atomic E-state index is 0.106. The van der Waals surface area contributed by atoms with Crippen molar-refractivity contribution >= 4 is 22.9 Å². The summed E-state index contributed by atoms with van der Waals surface area (Å²) in [6, 6.07) is 6.56. The standard InChI is InChI=1S/C17H19F2N3OS/c18-16(19)14-5-6-15(24-14)17(23)22-8-12-10(9-1-2-9)3-4-13(21)11(12)7-20/h3-6,9,16H,1-2,7-8,20-21H2,(H,22,23). The molecule has 3 rings (SSSR count). The first-order valence-electron chi connectivity index (χ1n) is 7.77. The maximum atomic E-state index is 12.6. The number of hydrogen-bond donors (Lipinski definition) is 3. The summed E-state index contributed by atoms with van der Waals surface area (Å²) < 4.78 is 25.3. The van der Waals surface area contributed by atoms with Crippen LogP contribution in [0.5, 0.6) is 0 Å². The fourth-order valence-corrected chi connectivity index (χ4v) is 3.58. The lowest BCUT2D eigenvalue weighted by atomic mass is 9.96. The van der Waals surface area contributed by atoms with Crippen molar-refractivity contribution in [1.29, 1.82) is 0 Å². The van der Waals surface area contributed by atoms with Crippen LogP contribution in [0, 0.1) is 0 Å². The van der Waals surface area contributed by atoms with E-state index < -0.39 is 6.43 Å². The van der Waals surface area contributed by atoms with Gasteiger partial charge in [-0.25, -0.2) is 8.78 Å². The number of anilines is 1. The molecule has 0 spiro atoms. The molecule has 5 N–H and O–H groups in total. The van der Waals surface area contributed by atoms with Crippen LogP contribution in [0.4, 0.5) is 14.5 Å². The van der Waals surface area contributed by atoms with Crippen molar-refractivity contribution in [2.75, 3.05) is 5.73 Å². The SMILES string of the molecule is NCc1c(N)ccc(C2CC2)c1CNC(=O)c1ccc(C(F)F)s1. The van der Waals surface area contributed by atoms with Crippen molar-refractivity contribution in [1.82, 2.24) is 5.32 Å². The Morgan fingerprint density at radius 1 is 1.25 bits per heavy atom. The van der Waals surface area contributed by atoms with Crippen LogP contribution in [0.1, 0.15) is 56.4 Å². The second-order valence-corrected chi connectivity index (χ2v) is 6.98. The summed E-state index contributed by atoms with van der Waals surface area (Å²) >= 11 is 0.809. The predicted molar refractivity (Wildman–Crippen MR) is 91.2 cm³/mol. The van der Waals surface area contributed by atoms with Crippen LogP contribution in [0.25, 0.3) is 0 Å². The minimum atomic E-state index is -2.56. The molecule has 1 heterocycles. The Balaban J connectivity index is 1.78. The molecule has 0 bridgehead atoms. The summed E-state index contributed by atoms with van der Waals surface area (Å²) in [5.41, 5.74) is 15.4. The van der Waals surface area contributed by atoms with Gasteiger partial charge in [0.15, 0.2) is 0 Å². The molecule has 4 nitrogen and oxygen atoms in total. The maximum absolute atomic E-state index is 12.6. The van der Waals surface area contributed by atoms with Crippen molar-refractivity contribution in [3.8, 4) is 0 Å². The number of amides is 1. The Morgan fingerprint density at radius 3 is 2.58 bits per heavy atom. The van der Waals surface area contributed by atoms with Crippen molar-refractivity contribution in [3.05, 3.63) is 50.7 Å². The molecule has 1 amide bonds. The number of thiophene rings is 1. The van der Waals surface area contributed by atoms with Gasteiger partial charge in [0, 0.05) is 18.8 Å².